The van der Waals surface area contributed by atoms with E-state index in [-0.39, 0.29) is 0 Å². The maximum absolute atomic E-state index is 12.8. The Labute approximate surface area is 423 Å². The van der Waals surface area contributed by atoms with Crippen molar-refractivity contribution in [3.8, 4) is 0 Å². The molecule has 0 radical (unpaired) electrons. The summed E-state index contributed by atoms with van der Waals surface area (Å²) < 4.78 is 76.8. The Morgan fingerprint density at radius 2 is 0.676 bits per heavy atom. The van der Waals surface area contributed by atoms with Crippen LogP contribution in [0.1, 0.15) is 69.2 Å². The van der Waals surface area contributed by atoms with Gasteiger partial charge in [0.2, 0.25) is 12.6 Å². The molecular formula is C44H68O30. The van der Waals surface area contributed by atoms with Crippen LogP contribution in [0.15, 0.2) is 0 Å². The molecule has 30 nitrogen and oxygen atoms in total. The molecule has 0 aliphatic carbocycles. The third-order valence-electron chi connectivity index (χ3n) is 11.0. The number of hydrogen-bond acceptors (Lipinski definition) is 30. The van der Waals surface area contributed by atoms with Crippen molar-refractivity contribution < 1.29 is 146 Å². The van der Waals surface area contributed by atoms with Gasteiger partial charge in [-0.1, -0.05) is 27.7 Å². The molecule has 4 fully saturated rings. The van der Waals surface area contributed by atoms with E-state index >= 15 is 0 Å². The third kappa shape index (κ3) is 17.6. The molecule has 0 unspecified atom stereocenters. The lowest BCUT2D eigenvalue weighted by Crippen LogP contribution is -2.67. The Morgan fingerprint density at radius 3 is 1.01 bits per heavy atom. The van der Waals surface area contributed by atoms with Crippen LogP contribution >= 0.6 is 0 Å². The van der Waals surface area contributed by atoms with E-state index in [0.717, 1.165) is 41.5 Å². The molecule has 0 bridgehead atoms. The van der Waals surface area contributed by atoms with Gasteiger partial charge >= 0.3 is 47.8 Å². The Morgan fingerprint density at radius 1 is 0.365 bits per heavy atom. The zero-order valence-corrected chi connectivity index (χ0v) is 42.1. The van der Waals surface area contributed by atoms with Gasteiger partial charge in [0.1, 0.15) is 74.3 Å². The summed E-state index contributed by atoms with van der Waals surface area (Å²) in [4.78, 5) is 98.6. The van der Waals surface area contributed by atoms with Gasteiger partial charge in [-0.2, -0.15) is 0 Å². The fourth-order valence-electron chi connectivity index (χ4n) is 7.43. The molecule has 30 heteroatoms. The second-order valence-corrected chi connectivity index (χ2v) is 17.8. The number of carbonyl (C=O) groups is 8. The predicted octanol–water partition coefficient (Wildman–Crippen LogP) is -4.96. The molecule has 4 heterocycles. The minimum atomic E-state index is -1.85. The minimum absolute atomic E-state index is 0.587. The Bertz CT molecular complexity index is 1860. The molecule has 4 aliphatic heterocycles. The Hall–Kier alpha value is -4.80. The van der Waals surface area contributed by atoms with Gasteiger partial charge in [-0.3, -0.25) is 38.4 Å². The normalized spacial score (nSPS) is 35.9. The summed E-state index contributed by atoms with van der Waals surface area (Å²) in [6.07, 6.45) is -32.0. The summed E-state index contributed by atoms with van der Waals surface area (Å²) in [6.45, 7) is 9.89. The van der Waals surface area contributed by atoms with E-state index in [0.29, 0.717) is 0 Å². The molecular weight excluding hydrogens is 1010 g/mol. The topological polar surface area (TPSA) is 428 Å². The van der Waals surface area contributed by atoms with E-state index in [1.807, 2.05) is 0 Å². The van der Waals surface area contributed by atoms with Crippen LogP contribution in [0.5, 0.6) is 0 Å². The zero-order valence-electron chi connectivity index (χ0n) is 42.1. The molecule has 8 N–H and O–H groups in total. The van der Waals surface area contributed by atoms with Gasteiger partial charge < -0.3 is 107 Å². The lowest BCUT2D eigenvalue weighted by molar-refractivity contribution is -0.377. The van der Waals surface area contributed by atoms with E-state index in [1.54, 1.807) is 13.8 Å². The number of carbonyl (C=O) groups excluding carboxylic acids is 8. The Kier molecular flexibility index (Phi) is 24.8. The number of hydrogen-bond donors (Lipinski definition) is 8. The molecule has 74 heavy (non-hydrogen) atoms. The summed E-state index contributed by atoms with van der Waals surface area (Å²) in [5.41, 5.74) is 0. The second kappa shape index (κ2) is 28.9. The number of aliphatic hydroxyl groups excluding tert-OH is 8. The summed E-state index contributed by atoms with van der Waals surface area (Å²) in [5, 5.41) is 76.4. The second-order valence-electron chi connectivity index (χ2n) is 17.8. The molecule has 0 aromatic rings. The van der Waals surface area contributed by atoms with E-state index in [2.05, 4.69) is 0 Å². The molecule has 0 aromatic heterocycles. The van der Waals surface area contributed by atoms with Gasteiger partial charge in [0.15, 0.2) is 49.2 Å². The van der Waals surface area contributed by atoms with E-state index in [4.69, 9.17) is 76.5 Å². The molecule has 0 spiro atoms. The number of ether oxygens (including phenoxy) is 14. The molecule has 0 amide bonds. The van der Waals surface area contributed by atoms with Crippen molar-refractivity contribution in [2.45, 2.75) is 192 Å². The molecule has 0 aromatic carbocycles. The molecule has 4 saturated heterocycles. The van der Waals surface area contributed by atoms with Crippen molar-refractivity contribution in [3.63, 3.8) is 0 Å². The standard InChI is InChI=1S/C32H46O19.C12H22O11/c1-13(2)29(39)42-12-22-24(50-30(40)14(3)4)26(45-18(8)36)28(47-20(10)38)32(49-22)51-31-27(46-19(9)37)25(44-17(7)35)23(43-16(6)34)21(48-31)11-41-15(5)33;13-1-3-5(15)7(17)9(19)11(21-3)23-12-10(20)8(18)6(16)4(2-14)22-12/h13-14,21-28,31-32H,11-12H2,1-10H3;3-20H,1-2H2/t21-,22-,23-,24-,25+,26+,27-,28-,31-,32-;3-,4-,5-,6-,7+,8+,9-,10-,11-,12-/m11/s1. The van der Waals surface area contributed by atoms with Gasteiger partial charge in [0.05, 0.1) is 25.0 Å². The van der Waals surface area contributed by atoms with Gasteiger partial charge in [-0.05, 0) is 0 Å². The van der Waals surface area contributed by atoms with Gasteiger partial charge in [-0.15, -0.1) is 0 Å². The SMILES string of the molecule is CC(=O)OC[C@H]1O[C@H](O[C@H]2O[C@H](COC(=O)C(C)C)[C@@H](OC(=O)C(C)C)[C@H](OC(C)=O)[C@H]2OC(C)=O)[C@H](OC(C)=O)[C@@H](OC(C)=O)[C@@H]1OC(C)=O.OC[C@H]1O[C@H](O[C@H]2O[C@H](CO)[C@@H](O)[C@H](O)[C@H]2O)[C@H](O)[C@@H](O)[C@@H]1O. The van der Waals surface area contributed by atoms with Crippen LogP contribution in [0.25, 0.3) is 0 Å². The molecule has 4 rings (SSSR count). The molecule has 20 atom stereocenters. The van der Waals surface area contributed by atoms with Crippen LogP contribution < -0.4 is 0 Å². The highest BCUT2D eigenvalue weighted by molar-refractivity contribution is 5.73. The highest BCUT2D eigenvalue weighted by Crippen LogP contribution is 2.36. The van der Waals surface area contributed by atoms with Gasteiger partial charge in [0, 0.05) is 41.5 Å². The average Bonchev–Trinajstić information content (AvgIpc) is 3.30. The monoisotopic (exact) mass is 1080 g/mol. The lowest BCUT2D eigenvalue weighted by Gasteiger charge is -2.48. The van der Waals surface area contributed by atoms with Crippen LogP contribution in [0.4, 0.5) is 0 Å². The number of aliphatic hydroxyl groups is 8. The first-order valence-corrected chi connectivity index (χ1v) is 23.1. The largest absolute Gasteiger partial charge is 0.463 e. The van der Waals surface area contributed by atoms with Crippen LogP contribution in [0, 0.1) is 11.8 Å². The average molecular weight is 1080 g/mol. The van der Waals surface area contributed by atoms with E-state index in [1.165, 1.54) is 13.8 Å². The predicted molar refractivity (Wildman–Crippen MR) is 232 cm³/mol. The number of rotatable bonds is 18. The summed E-state index contributed by atoms with van der Waals surface area (Å²) in [7, 11) is 0. The van der Waals surface area contributed by atoms with Crippen molar-refractivity contribution in [2.75, 3.05) is 26.4 Å². The highest BCUT2D eigenvalue weighted by Gasteiger charge is 2.58. The summed E-state index contributed by atoms with van der Waals surface area (Å²) >= 11 is 0. The highest BCUT2D eigenvalue weighted by atomic mass is 16.8. The first-order valence-electron chi connectivity index (χ1n) is 23.1. The van der Waals surface area contributed by atoms with Gasteiger partial charge in [-0.25, -0.2) is 0 Å². The fraction of sp³-hybridized carbons (Fsp3) is 0.818. The van der Waals surface area contributed by atoms with Crippen molar-refractivity contribution in [2.24, 2.45) is 11.8 Å². The minimum Gasteiger partial charge on any atom is -0.463 e. The van der Waals surface area contributed by atoms with Gasteiger partial charge in [0.25, 0.3) is 0 Å². The van der Waals surface area contributed by atoms with Crippen molar-refractivity contribution in [3.05, 3.63) is 0 Å². The molecule has 4 aliphatic rings. The molecule has 0 saturated carbocycles. The quantitative estimate of drug-likeness (QED) is 0.0471. The van der Waals surface area contributed by atoms with Crippen molar-refractivity contribution in [1.29, 1.82) is 0 Å². The summed E-state index contributed by atoms with van der Waals surface area (Å²) in [5.74, 6) is -8.06. The summed E-state index contributed by atoms with van der Waals surface area (Å²) in [6, 6.07) is 0. The first-order chi connectivity index (χ1) is 34.5. The van der Waals surface area contributed by atoms with Crippen LogP contribution in [0.3, 0.4) is 0 Å². The van der Waals surface area contributed by atoms with Crippen LogP contribution in [-0.2, 0) is 105 Å². The fourth-order valence-corrected chi connectivity index (χ4v) is 7.43. The van der Waals surface area contributed by atoms with E-state index < -0.39 is 209 Å². The van der Waals surface area contributed by atoms with Crippen molar-refractivity contribution >= 4 is 47.8 Å². The molecule has 424 valence electrons. The van der Waals surface area contributed by atoms with Crippen LogP contribution in [-0.4, -0.2) is 238 Å². The third-order valence-corrected chi connectivity index (χ3v) is 11.0. The van der Waals surface area contributed by atoms with Crippen LogP contribution in [0.2, 0.25) is 0 Å². The number of esters is 8. The Balaban J connectivity index is 0.000000519. The maximum Gasteiger partial charge on any atom is 0.308 e. The zero-order chi connectivity index (χ0) is 56.0. The van der Waals surface area contributed by atoms with E-state index in [9.17, 15) is 69.0 Å². The smallest absolute Gasteiger partial charge is 0.308 e. The maximum atomic E-state index is 12.8. The van der Waals surface area contributed by atoms with Crippen molar-refractivity contribution in [1.82, 2.24) is 0 Å². The first kappa shape index (κ1) is 63.5. The lowest BCUT2D eigenvalue weighted by atomic mass is 9.96.